The standard InChI is InChI=1S/C13H22N4O/c1-11-3-4-12(16(11)2)9-15-13(18)10-17-7-5-14-6-8-17/h3-4,14H,5-10H2,1-2H3,(H,15,18). The highest BCUT2D eigenvalue weighted by Crippen LogP contribution is 2.05. The second-order valence-electron chi connectivity index (χ2n) is 4.83. The third-order valence-corrected chi connectivity index (χ3v) is 3.52. The maximum absolute atomic E-state index is 11.8. The number of hydrogen-bond donors (Lipinski definition) is 2. The lowest BCUT2D eigenvalue weighted by Crippen LogP contribution is -2.47. The molecule has 0 saturated carbocycles. The van der Waals surface area contributed by atoms with Crippen molar-refractivity contribution in [2.24, 2.45) is 7.05 Å². The van der Waals surface area contributed by atoms with Gasteiger partial charge in [0.05, 0.1) is 13.1 Å². The van der Waals surface area contributed by atoms with E-state index in [0.717, 1.165) is 31.9 Å². The summed E-state index contributed by atoms with van der Waals surface area (Å²) in [5, 5.41) is 6.26. The lowest BCUT2D eigenvalue weighted by atomic mass is 10.3. The third kappa shape index (κ3) is 3.34. The highest BCUT2D eigenvalue weighted by molar-refractivity contribution is 5.77. The molecule has 2 rings (SSSR count). The van der Waals surface area contributed by atoms with Crippen LogP contribution in [-0.4, -0.2) is 48.1 Å². The minimum absolute atomic E-state index is 0.107. The molecule has 1 aromatic rings. The van der Waals surface area contributed by atoms with Gasteiger partial charge >= 0.3 is 0 Å². The Morgan fingerprint density at radius 3 is 2.72 bits per heavy atom. The van der Waals surface area contributed by atoms with Gasteiger partial charge in [0.1, 0.15) is 0 Å². The van der Waals surface area contributed by atoms with Crippen molar-refractivity contribution in [1.29, 1.82) is 0 Å². The van der Waals surface area contributed by atoms with E-state index in [-0.39, 0.29) is 5.91 Å². The zero-order valence-corrected chi connectivity index (χ0v) is 11.2. The topological polar surface area (TPSA) is 49.3 Å². The van der Waals surface area contributed by atoms with Crippen LogP contribution in [0, 0.1) is 6.92 Å². The van der Waals surface area contributed by atoms with Crippen LogP contribution in [0.25, 0.3) is 0 Å². The van der Waals surface area contributed by atoms with Gasteiger partial charge in [0.15, 0.2) is 0 Å². The summed E-state index contributed by atoms with van der Waals surface area (Å²) in [5.41, 5.74) is 2.35. The normalized spacial score (nSPS) is 16.8. The summed E-state index contributed by atoms with van der Waals surface area (Å²) in [7, 11) is 2.02. The molecule has 1 aliphatic rings. The Morgan fingerprint density at radius 1 is 1.39 bits per heavy atom. The van der Waals surface area contributed by atoms with Crippen LogP contribution in [0.4, 0.5) is 0 Å². The number of hydrogen-bond acceptors (Lipinski definition) is 3. The Kier molecular flexibility index (Phi) is 4.38. The van der Waals surface area contributed by atoms with Gasteiger partial charge in [-0.25, -0.2) is 0 Å². The highest BCUT2D eigenvalue weighted by Gasteiger charge is 2.13. The highest BCUT2D eigenvalue weighted by atomic mass is 16.2. The first-order chi connectivity index (χ1) is 8.66. The van der Waals surface area contributed by atoms with Crippen LogP contribution in [0.5, 0.6) is 0 Å². The molecule has 2 heterocycles. The zero-order chi connectivity index (χ0) is 13.0. The van der Waals surface area contributed by atoms with Crippen molar-refractivity contribution in [3.63, 3.8) is 0 Å². The second-order valence-corrected chi connectivity index (χ2v) is 4.83. The monoisotopic (exact) mass is 250 g/mol. The van der Waals surface area contributed by atoms with Crippen molar-refractivity contribution in [2.75, 3.05) is 32.7 Å². The van der Waals surface area contributed by atoms with E-state index in [9.17, 15) is 4.79 Å². The molecule has 1 saturated heterocycles. The van der Waals surface area contributed by atoms with Crippen molar-refractivity contribution in [1.82, 2.24) is 20.1 Å². The number of aromatic nitrogens is 1. The molecule has 0 spiro atoms. The molecule has 100 valence electrons. The van der Waals surface area contributed by atoms with E-state index in [1.54, 1.807) is 0 Å². The predicted molar refractivity (Wildman–Crippen MR) is 71.3 cm³/mol. The van der Waals surface area contributed by atoms with Crippen LogP contribution in [0.15, 0.2) is 12.1 Å². The number of carbonyl (C=O) groups excluding carboxylic acids is 1. The Morgan fingerprint density at radius 2 is 2.11 bits per heavy atom. The Balaban J connectivity index is 1.76. The molecule has 0 atom stereocenters. The summed E-state index contributed by atoms with van der Waals surface area (Å²) < 4.78 is 2.10. The summed E-state index contributed by atoms with van der Waals surface area (Å²) in [6.45, 7) is 7.04. The minimum atomic E-state index is 0.107. The summed E-state index contributed by atoms with van der Waals surface area (Å²) in [5.74, 6) is 0.107. The van der Waals surface area contributed by atoms with E-state index in [0.29, 0.717) is 13.1 Å². The van der Waals surface area contributed by atoms with Gasteiger partial charge in [-0.05, 0) is 19.1 Å². The number of nitrogens with one attached hydrogen (secondary N) is 2. The molecule has 5 nitrogen and oxygen atoms in total. The van der Waals surface area contributed by atoms with Gasteiger partial charge in [-0.3, -0.25) is 9.69 Å². The molecule has 1 aliphatic heterocycles. The average molecular weight is 250 g/mol. The zero-order valence-electron chi connectivity index (χ0n) is 11.2. The van der Waals surface area contributed by atoms with E-state index < -0.39 is 0 Å². The number of piperazine rings is 1. The van der Waals surface area contributed by atoms with E-state index >= 15 is 0 Å². The fourth-order valence-corrected chi connectivity index (χ4v) is 2.16. The molecule has 2 N–H and O–H groups in total. The van der Waals surface area contributed by atoms with Crippen LogP contribution in [0.3, 0.4) is 0 Å². The summed E-state index contributed by atoms with van der Waals surface area (Å²) in [4.78, 5) is 14.0. The molecule has 0 radical (unpaired) electrons. The largest absolute Gasteiger partial charge is 0.350 e. The smallest absolute Gasteiger partial charge is 0.234 e. The fourth-order valence-electron chi connectivity index (χ4n) is 2.16. The van der Waals surface area contributed by atoms with Gasteiger partial charge in [0, 0.05) is 44.6 Å². The molecule has 0 aromatic carbocycles. The lowest BCUT2D eigenvalue weighted by Gasteiger charge is -2.26. The van der Waals surface area contributed by atoms with E-state index in [1.165, 1.54) is 5.69 Å². The van der Waals surface area contributed by atoms with Gasteiger partial charge in [-0.2, -0.15) is 0 Å². The number of nitrogens with zero attached hydrogens (tertiary/aromatic N) is 2. The van der Waals surface area contributed by atoms with Crippen molar-refractivity contribution < 1.29 is 4.79 Å². The molecule has 18 heavy (non-hydrogen) atoms. The molecular weight excluding hydrogens is 228 g/mol. The summed E-state index contributed by atoms with van der Waals surface area (Å²) in [6.07, 6.45) is 0. The Bertz CT molecular complexity index is 407. The molecular formula is C13H22N4O. The third-order valence-electron chi connectivity index (χ3n) is 3.52. The first kappa shape index (κ1) is 13.1. The van der Waals surface area contributed by atoms with Crippen LogP contribution in [0.1, 0.15) is 11.4 Å². The maximum Gasteiger partial charge on any atom is 0.234 e. The van der Waals surface area contributed by atoms with Crippen molar-refractivity contribution in [2.45, 2.75) is 13.5 Å². The number of carbonyl (C=O) groups is 1. The van der Waals surface area contributed by atoms with Gasteiger partial charge in [-0.1, -0.05) is 0 Å². The average Bonchev–Trinajstić information content (AvgIpc) is 2.69. The quantitative estimate of drug-likeness (QED) is 0.782. The molecule has 0 bridgehead atoms. The number of rotatable bonds is 4. The van der Waals surface area contributed by atoms with Crippen molar-refractivity contribution >= 4 is 5.91 Å². The first-order valence-electron chi connectivity index (χ1n) is 6.48. The number of amides is 1. The van der Waals surface area contributed by atoms with Gasteiger partial charge in [-0.15, -0.1) is 0 Å². The fraction of sp³-hybridized carbons (Fsp3) is 0.615. The van der Waals surface area contributed by atoms with Crippen molar-refractivity contribution in [3.8, 4) is 0 Å². The van der Waals surface area contributed by atoms with Crippen LogP contribution < -0.4 is 10.6 Å². The SMILES string of the molecule is Cc1ccc(CNC(=O)CN2CCNCC2)n1C. The Hall–Kier alpha value is -1.33. The summed E-state index contributed by atoms with van der Waals surface area (Å²) >= 11 is 0. The van der Waals surface area contributed by atoms with Gasteiger partial charge in [0.25, 0.3) is 0 Å². The van der Waals surface area contributed by atoms with E-state index in [2.05, 4.69) is 39.2 Å². The second kappa shape index (κ2) is 6.02. The summed E-state index contributed by atoms with van der Waals surface area (Å²) in [6, 6.07) is 4.12. The molecule has 5 heteroatoms. The van der Waals surface area contributed by atoms with Gasteiger partial charge in [0.2, 0.25) is 5.91 Å². The number of aryl methyl sites for hydroxylation is 1. The molecule has 0 aliphatic carbocycles. The Labute approximate surface area is 108 Å². The lowest BCUT2D eigenvalue weighted by molar-refractivity contribution is -0.122. The maximum atomic E-state index is 11.8. The first-order valence-corrected chi connectivity index (χ1v) is 6.48. The van der Waals surface area contributed by atoms with Crippen LogP contribution >= 0.6 is 0 Å². The molecule has 1 aromatic heterocycles. The molecule has 0 unspecified atom stereocenters. The van der Waals surface area contributed by atoms with Crippen LogP contribution in [-0.2, 0) is 18.4 Å². The minimum Gasteiger partial charge on any atom is -0.350 e. The molecule has 1 fully saturated rings. The van der Waals surface area contributed by atoms with Crippen molar-refractivity contribution in [3.05, 3.63) is 23.5 Å². The van der Waals surface area contributed by atoms with Gasteiger partial charge < -0.3 is 15.2 Å². The predicted octanol–water partition coefficient (Wildman–Crippen LogP) is -0.145. The van der Waals surface area contributed by atoms with E-state index in [1.807, 2.05) is 7.05 Å². The van der Waals surface area contributed by atoms with E-state index in [4.69, 9.17) is 0 Å². The molecule has 1 amide bonds. The van der Waals surface area contributed by atoms with Crippen LogP contribution in [0.2, 0.25) is 0 Å².